The molecule has 3 N–H and O–H groups in total. The summed E-state index contributed by atoms with van der Waals surface area (Å²) in [4.78, 5) is 52.7. The maximum atomic E-state index is 14.2. The van der Waals surface area contributed by atoms with Crippen molar-refractivity contribution in [1.82, 2.24) is 10.6 Å². The minimum absolute atomic E-state index is 0.0653. The van der Waals surface area contributed by atoms with Gasteiger partial charge in [0.05, 0.1) is 22.4 Å². The number of benzene rings is 1. The number of halogens is 1. The summed E-state index contributed by atoms with van der Waals surface area (Å²) >= 11 is 6.33. The molecule has 1 amide bonds. The fraction of sp³-hybridized carbons (Fsp3) is 0.760. The Hall–Kier alpha value is -2.71. The van der Waals surface area contributed by atoms with E-state index in [1.165, 1.54) is 5.57 Å². The van der Waals surface area contributed by atoms with Crippen LogP contribution in [-0.2, 0) is 19.1 Å². The first-order valence-corrected chi connectivity index (χ1v) is 23.2. The predicted molar refractivity (Wildman–Crippen MR) is 233 cm³/mol. The summed E-state index contributed by atoms with van der Waals surface area (Å²) in [5.74, 6) is -0.251. The molecule has 59 heavy (non-hydrogen) atoms. The summed E-state index contributed by atoms with van der Waals surface area (Å²) < 4.78 is 6.44. The van der Waals surface area contributed by atoms with Crippen molar-refractivity contribution >= 4 is 35.2 Å². The number of aliphatic carboxylic acids is 1. The summed E-state index contributed by atoms with van der Waals surface area (Å²) in [5.41, 5.74) is 1.92. The molecule has 7 rings (SSSR count). The molecule has 6 aliphatic carbocycles. The van der Waals surface area contributed by atoms with E-state index in [0.717, 1.165) is 69.9 Å². The van der Waals surface area contributed by atoms with Gasteiger partial charge in [-0.1, -0.05) is 91.6 Å². The standard InChI is InChI=1S/C50H73ClN2O6/c1-29(2)39-35(54)27-50(24-25-52-28-44(3,4)53-41(55)30-14-12-13-15-34(30)51)23-22-48(10)31(40(39)50)16-17-37-47(9)20-19-38(46(7,8)36(47)18-21-49(37,48)11)59-43(58)33-26-32(42(56)57)45(33,5)6/h12-15,29,31-33,36-38,52H,16-28H2,1-11H3,(H,53,55)(H,56,57)/t31-,32+,33-,36+,37-,38+,47+,48-,49-,50-/m1/s1. The molecular formula is C50H73ClN2O6. The lowest BCUT2D eigenvalue weighted by molar-refractivity contribution is -0.236. The van der Waals surface area contributed by atoms with Crippen molar-refractivity contribution in [3.8, 4) is 0 Å². The number of carbonyl (C=O) groups is 4. The second-order valence-electron chi connectivity index (χ2n) is 23.0. The molecule has 9 heteroatoms. The molecule has 0 aromatic heterocycles. The Morgan fingerprint density at radius 3 is 2.22 bits per heavy atom. The van der Waals surface area contributed by atoms with E-state index in [1.54, 1.807) is 12.1 Å². The molecule has 0 bridgehead atoms. The van der Waals surface area contributed by atoms with Gasteiger partial charge in [0.1, 0.15) is 6.10 Å². The average Bonchev–Trinajstić information content (AvgIpc) is 3.43. The predicted octanol–water partition coefficient (Wildman–Crippen LogP) is 10.5. The van der Waals surface area contributed by atoms with Crippen LogP contribution in [-0.4, -0.2) is 53.5 Å². The monoisotopic (exact) mass is 833 g/mol. The van der Waals surface area contributed by atoms with Crippen molar-refractivity contribution in [2.45, 2.75) is 158 Å². The number of Topliss-reactive ketones (excluding diaryl/α,β-unsaturated/α-hetero) is 1. The van der Waals surface area contributed by atoms with Gasteiger partial charge in [-0.3, -0.25) is 19.2 Å². The van der Waals surface area contributed by atoms with Crippen LogP contribution in [0, 0.1) is 68.0 Å². The highest BCUT2D eigenvalue weighted by atomic mass is 35.5. The SMILES string of the molecule is CC(C)C1=C2[C@H]3CC[C@@H]4[C@@]5(C)CC[C@H](OC(=O)[C@H]6C[C@@H](C(=O)O)C6(C)C)C(C)(C)[C@@H]5CC[C@@]4(C)[C@]3(C)CC[C@@]2(CCNCC(C)(C)NC(=O)c2ccccc2Cl)CC1=O. The minimum atomic E-state index is -0.827. The Balaban J connectivity index is 1.07. The molecule has 0 spiro atoms. The normalized spacial score (nSPS) is 38.4. The van der Waals surface area contributed by atoms with E-state index < -0.39 is 22.8 Å². The molecule has 0 unspecified atom stereocenters. The topological polar surface area (TPSA) is 122 Å². The van der Waals surface area contributed by atoms with Crippen molar-refractivity contribution < 1.29 is 29.0 Å². The number of ketones is 1. The number of fused-ring (bicyclic) bond motifs is 7. The third-order valence-corrected chi connectivity index (χ3v) is 18.9. The Morgan fingerprint density at radius 1 is 0.881 bits per heavy atom. The van der Waals surface area contributed by atoms with Gasteiger partial charge < -0.3 is 20.5 Å². The molecule has 1 aromatic carbocycles. The van der Waals surface area contributed by atoms with Crippen molar-refractivity contribution in [1.29, 1.82) is 0 Å². The van der Waals surface area contributed by atoms with Crippen LogP contribution in [0.3, 0.4) is 0 Å². The van der Waals surface area contributed by atoms with Crippen LogP contribution in [0.15, 0.2) is 35.4 Å². The number of carbonyl (C=O) groups excluding carboxylic acids is 3. The average molecular weight is 834 g/mol. The molecule has 1 aromatic rings. The van der Waals surface area contributed by atoms with Crippen molar-refractivity contribution in [2.75, 3.05) is 13.1 Å². The molecule has 0 heterocycles. The molecule has 8 nitrogen and oxygen atoms in total. The molecule has 0 saturated heterocycles. The summed E-state index contributed by atoms with van der Waals surface area (Å²) in [7, 11) is 0. The third-order valence-electron chi connectivity index (χ3n) is 18.5. The fourth-order valence-corrected chi connectivity index (χ4v) is 15.2. The quantitative estimate of drug-likeness (QED) is 0.150. The van der Waals surface area contributed by atoms with Crippen molar-refractivity contribution in [3.63, 3.8) is 0 Å². The van der Waals surface area contributed by atoms with Crippen LogP contribution >= 0.6 is 11.6 Å². The summed E-state index contributed by atoms with van der Waals surface area (Å²) in [6, 6.07) is 7.13. The summed E-state index contributed by atoms with van der Waals surface area (Å²) in [6.07, 6.45) is 10.2. The number of hydrogen-bond donors (Lipinski definition) is 3. The lowest BCUT2D eigenvalue weighted by Crippen LogP contribution is -2.66. The fourth-order valence-electron chi connectivity index (χ4n) is 15.0. The number of rotatable bonds is 11. The molecule has 10 atom stereocenters. The summed E-state index contributed by atoms with van der Waals surface area (Å²) in [6.45, 7) is 26.1. The Kier molecular flexibility index (Phi) is 11.3. The number of nitrogens with one attached hydrogen (secondary N) is 2. The number of allylic oxidation sites excluding steroid dienone is 2. The Labute approximate surface area is 359 Å². The highest BCUT2D eigenvalue weighted by molar-refractivity contribution is 6.33. The van der Waals surface area contributed by atoms with Gasteiger partial charge in [0, 0.05) is 29.3 Å². The second-order valence-corrected chi connectivity index (χ2v) is 23.4. The smallest absolute Gasteiger partial charge is 0.309 e. The van der Waals surface area contributed by atoms with Gasteiger partial charge in [-0.15, -0.1) is 0 Å². The number of ether oxygens (including phenoxy) is 1. The molecule has 0 aliphatic heterocycles. The van der Waals surface area contributed by atoms with Crippen LogP contribution in [0.25, 0.3) is 0 Å². The Bertz CT molecular complexity index is 1920. The molecule has 0 radical (unpaired) electrons. The second kappa shape index (κ2) is 15.0. The highest BCUT2D eigenvalue weighted by Crippen LogP contribution is 2.77. The van der Waals surface area contributed by atoms with E-state index in [0.29, 0.717) is 53.5 Å². The maximum absolute atomic E-state index is 14.2. The van der Waals surface area contributed by atoms with Gasteiger partial charge in [-0.2, -0.15) is 0 Å². The lowest BCUT2D eigenvalue weighted by Gasteiger charge is -2.72. The highest BCUT2D eigenvalue weighted by Gasteiger charge is 2.70. The third kappa shape index (κ3) is 6.95. The zero-order valence-electron chi connectivity index (χ0n) is 37.9. The number of hydrogen-bond acceptors (Lipinski definition) is 6. The first kappa shape index (κ1) is 44.3. The Morgan fingerprint density at radius 2 is 1.58 bits per heavy atom. The minimum Gasteiger partial charge on any atom is -0.481 e. The van der Waals surface area contributed by atoms with E-state index in [1.807, 2.05) is 39.8 Å². The van der Waals surface area contributed by atoms with E-state index >= 15 is 0 Å². The first-order valence-electron chi connectivity index (χ1n) is 22.9. The molecule has 5 fully saturated rings. The largest absolute Gasteiger partial charge is 0.481 e. The van der Waals surface area contributed by atoms with Crippen molar-refractivity contribution in [3.05, 3.63) is 46.0 Å². The van der Waals surface area contributed by atoms with Crippen LogP contribution in [0.5, 0.6) is 0 Å². The van der Waals surface area contributed by atoms with Crippen LogP contribution in [0.2, 0.25) is 5.02 Å². The first-order chi connectivity index (χ1) is 27.4. The van der Waals surface area contributed by atoms with E-state index in [4.69, 9.17) is 16.3 Å². The zero-order chi connectivity index (χ0) is 43.3. The molecule has 326 valence electrons. The van der Waals surface area contributed by atoms with Gasteiger partial charge in [-0.05, 0) is 148 Å². The number of carboxylic acid groups (broad SMARTS) is 1. The number of amides is 1. The van der Waals surface area contributed by atoms with E-state index in [2.05, 4.69) is 59.1 Å². The molecule has 5 saturated carbocycles. The lowest BCUT2D eigenvalue weighted by atomic mass is 9.33. The molecule has 6 aliphatic rings. The summed E-state index contributed by atoms with van der Waals surface area (Å²) in [5, 5.41) is 17.0. The van der Waals surface area contributed by atoms with Gasteiger partial charge in [0.2, 0.25) is 0 Å². The maximum Gasteiger partial charge on any atom is 0.309 e. The van der Waals surface area contributed by atoms with E-state index in [-0.39, 0.29) is 56.9 Å². The van der Waals surface area contributed by atoms with Crippen LogP contribution < -0.4 is 10.6 Å². The molecular weight excluding hydrogens is 760 g/mol. The number of esters is 1. The van der Waals surface area contributed by atoms with Gasteiger partial charge >= 0.3 is 11.9 Å². The van der Waals surface area contributed by atoms with Crippen molar-refractivity contribution in [2.24, 2.45) is 68.0 Å². The van der Waals surface area contributed by atoms with E-state index in [9.17, 15) is 24.3 Å². The van der Waals surface area contributed by atoms with Crippen LogP contribution in [0.4, 0.5) is 0 Å². The van der Waals surface area contributed by atoms with Gasteiger partial charge in [0.25, 0.3) is 5.91 Å². The van der Waals surface area contributed by atoms with Gasteiger partial charge in [0.15, 0.2) is 5.78 Å². The zero-order valence-corrected chi connectivity index (χ0v) is 38.7. The number of carboxylic acids is 1. The van der Waals surface area contributed by atoms with Crippen LogP contribution in [0.1, 0.15) is 157 Å². The van der Waals surface area contributed by atoms with Gasteiger partial charge in [-0.25, -0.2) is 0 Å².